The van der Waals surface area contributed by atoms with Gasteiger partial charge in [0, 0.05) is 71.9 Å². The molecule has 2 aliphatic heterocycles. The average Bonchev–Trinajstić information content (AvgIpc) is 3.63. The van der Waals surface area contributed by atoms with E-state index in [9.17, 15) is 87.7 Å². The first-order valence-corrected chi connectivity index (χ1v) is 31.2. The molecule has 0 radical (unpaired) electrons. The summed E-state index contributed by atoms with van der Waals surface area (Å²) in [6, 6.07) is 7.72. The monoisotopic (exact) mass is 1140 g/mol. The molecule has 0 amide bonds. The number of aliphatic carboxylic acids is 1. The molecule has 402 valence electrons. The SMILES string of the molecule is COCCC1(C)C(=CC=CC2N(CCCS(=O)(=O)O)c3ccc4c(S(=O)(=O)O)cc(S(=O)(=O)O)cc4c3C2(C)CCCS(=O)(=O)O)N(CCCCCC(=O)O)c2ccc3c(S(=O)(=O)O)cc(S(=O)(=O)O)cc3c21. The van der Waals surface area contributed by atoms with Crippen molar-refractivity contribution in [1.29, 1.82) is 0 Å². The summed E-state index contributed by atoms with van der Waals surface area (Å²) in [5, 5.41) is 8.84. The third kappa shape index (κ3) is 12.6. The van der Waals surface area contributed by atoms with Crippen LogP contribution in [-0.4, -0.2) is 133 Å². The van der Waals surface area contributed by atoms with Gasteiger partial charge in [-0.05, 0) is 110 Å². The molecule has 73 heavy (non-hydrogen) atoms. The topological polar surface area (TPSA) is 379 Å². The van der Waals surface area contributed by atoms with E-state index in [1.54, 1.807) is 43.0 Å². The third-order valence-corrected chi connectivity index (χ3v) is 18.4. The summed E-state index contributed by atoms with van der Waals surface area (Å²) in [5.41, 5.74) is -1.11. The highest BCUT2D eigenvalue weighted by molar-refractivity contribution is 7.87. The van der Waals surface area contributed by atoms with E-state index in [1.165, 1.54) is 25.3 Å². The maximum Gasteiger partial charge on any atom is 0.303 e. The van der Waals surface area contributed by atoms with Gasteiger partial charge >= 0.3 is 5.97 Å². The number of carboxylic acids is 1. The lowest BCUT2D eigenvalue weighted by Crippen LogP contribution is -2.43. The predicted molar refractivity (Wildman–Crippen MR) is 267 cm³/mol. The van der Waals surface area contributed by atoms with Gasteiger partial charge in [-0.2, -0.15) is 50.5 Å². The van der Waals surface area contributed by atoms with Crippen LogP contribution in [0, 0.1) is 0 Å². The first-order chi connectivity index (χ1) is 33.5. The van der Waals surface area contributed by atoms with Crippen molar-refractivity contribution in [3.05, 3.63) is 83.6 Å². The molecule has 0 bridgehead atoms. The number of carboxylic acid groups (broad SMARTS) is 1. The van der Waals surface area contributed by atoms with Crippen LogP contribution in [0.1, 0.15) is 76.3 Å². The third-order valence-electron chi connectivity index (χ3n) is 13.3. The summed E-state index contributed by atoms with van der Waals surface area (Å²) in [7, 11) is -28.4. The second kappa shape index (κ2) is 20.8. The number of rotatable bonds is 23. The lowest BCUT2D eigenvalue weighted by atomic mass is 9.73. The van der Waals surface area contributed by atoms with Crippen LogP contribution in [0.2, 0.25) is 0 Å². The normalized spacial score (nSPS) is 20.5. The maximum atomic E-state index is 12.8. The molecule has 4 aromatic rings. The molecule has 0 spiro atoms. The van der Waals surface area contributed by atoms with Crippen molar-refractivity contribution in [3.63, 3.8) is 0 Å². The Morgan fingerprint density at radius 3 is 1.63 bits per heavy atom. The molecule has 2 heterocycles. The molecule has 0 fully saturated rings. The molecule has 4 aromatic carbocycles. The number of carbonyl (C=O) groups is 1. The lowest BCUT2D eigenvalue weighted by Gasteiger charge is -2.36. The van der Waals surface area contributed by atoms with Crippen LogP contribution >= 0.6 is 0 Å². The smallest absolute Gasteiger partial charge is 0.303 e. The average molecular weight is 1140 g/mol. The van der Waals surface area contributed by atoms with Crippen molar-refractivity contribution in [2.24, 2.45) is 0 Å². The summed E-state index contributed by atoms with van der Waals surface area (Å²) in [6.45, 7) is 3.40. The Balaban J connectivity index is 1.66. The number of allylic oxidation sites excluding steroid dienone is 3. The van der Waals surface area contributed by atoms with Crippen molar-refractivity contribution < 1.29 is 92.5 Å². The number of unbranched alkanes of at least 4 members (excludes halogenated alkanes) is 2. The molecule has 23 nitrogen and oxygen atoms in total. The van der Waals surface area contributed by atoms with Gasteiger partial charge in [-0.1, -0.05) is 37.6 Å². The molecule has 0 saturated heterocycles. The number of anilines is 2. The quantitative estimate of drug-likeness (QED) is 0.0367. The van der Waals surface area contributed by atoms with Crippen LogP contribution in [0.25, 0.3) is 21.5 Å². The number of ether oxygens (including phenoxy) is 1. The van der Waals surface area contributed by atoms with Crippen LogP contribution in [0.3, 0.4) is 0 Å². The predicted octanol–water partition coefficient (Wildman–Crippen LogP) is 5.27. The minimum atomic E-state index is -5.22. The summed E-state index contributed by atoms with van der Waals surface area (Å²) < 4.78 is 216. The van der Waals surface area contributed by atoms with E-state index in [-0.39, 0.29) is 84.6 Å². The first kappa shape index (κ1) is 57.6. The molecule has 0 aliphatic carbocycles. The van der Waals surface area contributed by atoms with E-state index in [1.807, 2.05) is 4.90 Å². The molecule has 0 aromatic heterocycles. The molecule has 3 atom stereocenters. The number of fused-ring (bicyclic) bond motifs is 6. The van der Waals surface area contributed by atoms with Crippen LogP contribution < -0.4 is 9.80 Å². The number of methoxy groups -OCH3 is 1. The van der Waals surface area contributed by atoms with E-state index in [0.717, 1.165) is 12.1 Å². The summed E-state index contributed by atoms with van der Waals surface area (Å²) in [4.78, 5) is 11.3. The fourth-order valence-corrected chi connectivity index (χ4v) is 13.9. The Labute approximate surface area is 423 Å². The van der Waals surface area contributed by atoms with Crippen molar-refractivity contribution in [2.75, 3.05) is 48.1 Å². The van der Waals surface area contributed by atoms with E-state index < -0.39 is 115 Å². The molecule has 2 aliphatic rings. The van der Waals surface area contributed by atoms with Crippen molar-refractivity contribution in [3.8, 4) is 0 Å². The second-order valence-corrected chi connectivity index (χ2v) is 27.1. The largest absolute Gasteiger partial charge is 0.481 e. The second-order valence-electron chi connectivity index (χ2n) is 18.3. The number of hydrogen-bond acceptors (Lipinski definition) is 16. The zero-order valence-electron chi connectivity index (χ0n) is 39.3. The van der Waals surface area contributed by atoms with Crippen LogP contribution in [0.15, 0.2) is 92.0 Å². The highest BCUT2D eigenvalue weighted by atomic mass is 32.2. The first-order valence-electron chi connectivity index (χ1n) is 22.2. The van der Waals surface area contributed by atoms with Crippen molar-refractivity contribution in [2.45, 2.75) is 102 Å². The molecule has 29 heteroatoms. The van der Waals surface area contributed by atoms with Crippen LogP contribution in [-0.2, 0) is 81.1 Å². The number of nitrogens with zero attached hydrogens (tertiary/aromatic N) is 2. The minimum Gasteiger partial charge on any atom is -0.481 e. The van der Waals surface area contributed by atoms with E-state index in [0.29, 0.717) is 48.3 Å². The van der Waals surface area contributed by atoms with Gasteiger partial charge in [0.15, 0.2) is 0 Å². The van der Waals surface area contributed by atoms with E-state index in [2.05, 4.69) is 0 Å². The van der Waals surface area contributed by atoms with E-state index >= 15 is 0 Å². The maximum absolute atomic E-state index is 12.8. The van der Waals surface area contributed by atoms with Gasteiger partial charge in [-0.25, -0.2) is 0 Å². The Morgan fingerprint density at radius 1 is 0.616 bits per heavy atom. The van der Waals surface area contributed by atoms with E-state index in [4.69, 9.17) is 4.74 Å². The van der Waals surface area contributed by atoms with Crippen LogP contribution in [0.5, 0.6) is 0 Å². The molecular weight excluding hydrogens is 1080 g/mol. The highest BCUT2D eigenvalue weighted by Crippen LogP contribution is 2.55. The van der Waals surface area contributed by atoms with Gasteiger partial charge < -0.3 is 19.6 Å². The standard InChI is InChI=1S/C44H54N2O21S6/c1-43(17-8-22-68(49,50)51)38(46(20-9-23-69(52,53)54)34-15-13-30-32(41(34)43)24-28(70(55,56)57)26-36(30)72(61,62)63)10-7-11-39-44(2,18-21-67-3)42-33-25-29(71(58,59)60)27-37(73(64,65)66)31(33)14-16-35(42)45(39)19-6-4-5-12-40(47)48/h7,10-11,13-16,24-27,38H,4-6,8-9,12,17-23H2,1-3H3,(H,47,48)(H,49,50,51)(H,52,53,54)(H,55,56,57)(H,58,59,60)(H,61,62,63)(H,64,65,66). The summed E-state index contributed by atoms with van der Waals surface area (Å²) >= 11 is 0. The fourth-order valence-electron chi connectivity index (χ4n) is 10.2. The van der Waals surface area contributed by atoms with Gasteiger partial charge in [-0.3, -0.25) is 32.1 Å². The highest BCUT2D eigenvalue weighted by Gasteiger charge is 2.49. The molecule has 6 rings (SSSR count). The Kier molecular flexibility index (Phi) is 16.4. The fraction of sp³-hybridized carbons (Fsp3) is 0.432. The van der Waals surface area contributed by atoms with Crippen molar-refractivity contribution in [1.82, 2.24) is 0 Å². The number of hydrogen-bond donors (Lipinski definition) is 7. The molecule has 3 unspecified atom stereocenters. The molecule has 0 saturated carbocycles. The Bertz CT molecular complexity index is 3640. The Morgan fingerprint density at radius 2 is 1.14 bits per heavy atom. The zero-order valence-corrected chi connectivity index (χ0v) is 44.2. The lowest BCUT2D eigenvalue weighted by molar-refractivity contribution is -0.137. The van der Waals surface area contributed by atoms with Gasteiger partial charge in [-0.15, -0.1) is 0 Å². The summed E-state index contributed by atoms with van der Waals surface area (Å²) in [5.74, 6) is -2.56. The van der Waals surface area contributed by atoms with Gasteiger partial charge in [0.2, 0.25) is 0 Å². The van der Waals surface area contributed by atoms with Gasteiger partial charge in [0.25, 0.3) is 60.7 Å². The summed E-state index contributed by atoms with van der Waals surface area (Å²) in [6.07, 6.45) is 5.22. The van der Waals surface area contributed by atoms with Gasteiger partial charge in [0.05, 0.1) is 27.3 Å². The molecular formula is C44H54N2O21S6. The minimum absolute atomic E-state index is 0.00479. The number of benzene rings is 4. The van der Waals surface area contributed by atoms with Crippen LogP contribution in [0.4, 0.5) is 11.4 Å². The van der Waals surface area contributed by atoms with Crippen molar-refractivity contribution >= 4 is 99.6 Å². The van der Waals surface area contributed by atoms with Gasteiger partial charge in [0.1, 0.15) is 9.79 Å². The molecule has 7 N–H and O–H groups in total. The zero-order chi connectivity index (χ0) is 54.5. The Hall–Kier alpha value is -4.63.